The number of hydrogen-bond acceptors (Lipinski definition) is 4. The Morgan fingerprint density at radius 3 is 2.93 bits per heavy atom. The van der Waals surface area contributed by atoms with Crippen molar-refractivity contribution in [3.05, 3.63) is 29.0 Å². The number of halogens is 1. The summed E-state index contributed by atoms with van der Waals surface area (Å²) in [7, 11) is 0. The van der Waals surface area contributed by atoms with E-state index in [1.165, 1.54) is 18.3 Å². The van der Waals surface area contributed by atoms with E-state index < -0.39 is 12.1 Å². The van der Waals surface area contributed by atoms with Crippen LogP contribution in [-0.2, 0) is 9.53 Å². The molecule has 76 valence electrons. The van der Waals surface area contributed by atoms with Gasteiger partial charge in [0, 0.05) is 11.8 Å². The molecule has 0 fully saturated rings. The van der Waals surface area contributed by atoms with Crippen LogP contribution in [0, 0.1) is 0 Å². The third-order valence-electron chi connectivity index (χ3n) is 1.58. The van der Waals surface area contributed by atoms with Crippen LogP contribution in [0.1, 0.15) is 18.6 Å². The van der Waals surface area contributed by atoms with Crippen molar-refractivity contribution in [2.75, 3.05) is 6.61 Å². The van der Waals surface area contributed by atoms with E-state index in [1.807, 2.05) is 0 Å². The van der Waals surface area contributed by atoms with Gasteiger partial charge in [0.05, 0.1) is 6.61 Å². The molecule has 0 spiro atoms. The highest BCUT2D eigenvalue weighted by atomic mass is 35.5. The van der Waals surface area contributed by atoms with Crippen molar-refractivity contribution >= 4 is 17.6 Å². The van der Waals surface area contributed by atoms with E-state index in [9.17, 15) is 9.90 Å². The maximum atomic E-state index is 11.1. The monoisotopic (exact) mass is 215 g/mol. The first-order chi connectivity index (χ1) is 6.65. The molecule has 0 amide bonds. The molecule has 4 nitrogen and oxygen atoms in total. The second kappa shape index (κ2) is 4.93. The molecule has 0 saturated heterocycles. The van der Waals surface area contributed by atoms with Gasteiger partial charge in [-0.2, -0.15) is 0 Å². The lowest BCUT2D eigenvalue weighted by Crippen LogP contribution is -2.15. The Bertz CT molecular complexity index is 312. The summed E-state index contributed by atoms with van der Waals surface area (Å²) in [6.07, 6.45) is 0.0453. The molecule has 0 bridgehead atoms. The summed E-state index contributed by atoms with van der Waals surface area (Å²) in [4.78, 5) is 14.8. The number of carbonyl (C=O) groups excluding carboxylic acids is 1. The van der Waals surface area contributed by atoms with E-state index in [2.05, 4.69) is 9.72 Å². The molecule has 1 rings (SSSR count). The summed E-state index contributed by atoms with van der Waals surface area (Å²) < 4.78 is 4.64. The lowest BCUT2D eigenvalue weighted by atomic mass is 10.2. The number of hydrogen-bond donors (Lipinski definition) is 1. The Labute approximate surface area is 86.5 Å². The molecule has 14 heavy (non-hydrogen) atoms. The number of rotatable bonds is 3. The Balaban J connectivity index is 2.73. The number of nitrogens with zero attached hydrogens (tertiary/aromatic N) is 1. The molecule has 0 aliphatic heterocycles. The molecule has 0 aliphatic rings. The predicted molar refractivity (Wildman–Crippen MR) is 50.8 cm³/mol. The van der Waals surface area contributed by atoms with Gasteiger partial charge in [0.2, 0.25) is 0 Å². The zero-order chi connectivity index (χ0) is 10.6. The smallest absolute Gasteiger partial charge is 0.339 e. The summed E-state index contributed by atoms with van der Waals surface area (Å²) in [6.45, 7) is 1.90. The second-order valence-electron chi connectivity index (χ2n) is 2.57. The molecule has 0 saturated carbocycles. The molecule has 5 heteroatoms. The number of aliphatic hydroxyl groups is 1. The van der Waals surface area contributed by atoms with Crippen LogP contribution in [-0.4, -0.2) is 22.7 Å². The topological polar surface area (TPSA) is 59.4 Å². The van der Waals surface area contributed by atoms with Crippen molar-refractivity contribution in [3.8, 4) is 0 Å². The summed E-state index contributed by atoms with van der Waals surface area (Å²) in [5.74, 6) is -0.684. The second-order valence-corrected chi connectivity index (χ2v) is 2.96. The van der Waals surface area contributed by atoms with Crippen LogP contribution in [0.2, 0.25) is 5.15 Å². The van der Waals surface area contributed by atoms with E-state index in [-0.39, 0.29) is 6.61 Å². The minimum Gasteiger partial charge on any atom is -0.464 e. The van der Waals surface area contributed by atoms with E-state index >= 15 is 0 Å². The average Bonchev–Trinajstić information content (AvgIpc) is 2.18. The fourth-order valence-corrected chi connectivity index (χ4v) is 1.02. The number of ether oxygens (including phenoxy) is 1. The molecular weight excluding hydrogens is 206 g/mol. The zero-order valence-electron chi connectivity index (χ0n) is 7.61. The van der Waals surface area contributed by atoms with Gasteiger partial charge in [0.1, 0.15) is 5.15 Å². The van der Waals surface area contributed by atoms with Crippen molar-refractivity contribution in [1.29, 1.82) is 0 Å². The average molecular weight is 216 g/mol. The predicted octanol–water partition coefficient (Wildman–Crippen LogP) is 1.33. The van der Waals surface area contributed by atoms with Crippen molar-refractivity contribution in [2.24, 2.45) is 0 Å². The maximum Gasteiger partial charge on any atom is 0.339 e. The Morgan fingerprint density at radius 2 is 2.43 bits per heavy atom. The standard InChI is InChI=1S/C9H10ClNO3/c1-2-14-9(13)8(12)6-3-4-7(10)11-5-6/h3-5,8,12H,2H2,1H3. The first-order valence-electron chi connectivity index (χ1n) is 4.11. The molecule has 1 N–H and O–H groups in total. The SMILES string of the molecule is CCOC(=O)C(O)c1ccc(Cl)nc1. The van der Waals surface area contributed by atoms with Crippen LogP contribution in [0.5, 0.6) is 0 Å². The third-order valence-corrected chi connectivity index (χ3v) is 1.80. The number of aromatic nitrogens is 1. The van der Waals surface area contributed by atoms with E-state index in [4.69, 9.17) is 11.6 Å². The minimum atomic E-state index is -1.29. The van der Waals surface area contributed by atoms with Gasteiger partial charge < -0.3 is 9.84 Å². The molecule has 0 aromatic carbocycles. The molecule has 1 atom stereocenters. The van der Waals surface area contributed by atoms with E-state index in [0.717, 1.165) is 0 Å². The van der Waals surface area contributed by atoms with Gasteiger partial charge in [-0.05, 0) is 13.0 Å². The number of carbonyl (C=O) groups is 1. The van der Waals surface area contributed by atoms with E-state index in [0.29, 0.717) is 10.7 Å². The highest BCUT2D eigenvalue weighted by molar-refractivity contribution is 6.29. The van der Waals surface area contributed by atoms with Gasteiger partial charge in [-0.1, -0.05) is 17.7 Å². The van der Waals surface area contributed by atoms with Gasteiger partial charge >= 0.3 is 5.97 Å². The molecule has 1 unspecified atom stereocenters. The fraction of sp³-hybridized carbons (Fsp3) is 0.333. The zero-order valence-corrected chi connectivity index (χ0v) is 8.36. The molecule has 0 aliphatic carbocycles. The highest BCUT2D eigenvalue weighted by Crippen LogP contribution is 2.15. The van der Waals surface area contributed by atoms with Crippen molar-refractivity contribution in [2.45, 2.75) is 13.0 Å². The van der Waals surface area contributed by atoms with Gasteiger partial charge in [-0.3, -0.25) is 0 Å². The molecule has 0 radical (unpaired) electrons. The maximum absolute atomic E-state index is 11.1. The van der Waals surface area contributed by atoms with Crippen LogP contribution in [0.4, 0.5) is 0 Å². The lowest BCUT2D eigenvalue weighted by Gasteiger charge is -2.08. The van der Waals surface area contributed by atoms with Crippen LogP contribution >= 0.6 is 11.6 Å². The fourth-order valence-electron chi connectivity index (χ4n) is 0.906. The van der Waals surface area contributed by atoms with Crippen LogP contribution in [0.15, 0.2) is 18.3 Å². The molecule has 1 aromatic rings. The Hall–Kier alpha value is -1.13. The first kappa shape index (κ1) is 10.9. The van der Waals surface area contributed by atoms with Crippen LogP contribution < -0.4 is 0 Å². The van der Waals surface area contributed by atoms with Crippen LogP contribution in [0.25, 0.3) is 0 Å². The van der Waals surface area contributed by atoms with Crippen molar-refractivity contribution in [3.63, 3.8) is 0 Å². The summed E-state index contributed by atoms with van der Waals surface area (Å²) >= 11 is 5.55. The van der Waals surface area contributed by atoms with Gasteiger partial charge in [-0.25, -0.2) is 9.78 Å². The normalized spacial score (nSPS) is 12.2. The number of esters is 1. The van der Waals surface area contributed by atoms with Gasteiger partial charge in [0.15, 0.2) is 6.10 Å². The van der Waals surface area contributed by atoms with Gasteiger partial charge in [0.25, 0.3) is 0 Å². The van der Waals surface area contributed by atoms with Crippen molar-refractivity contribution in [1.82, 2.24) is 4.98 Å². The van der Waals surface area contributed by atoms with Crippen LogP contribution in [0.3, 0.4) is 0 Å². The quantitative estimate of drug-likeness (QED) is 0.611. The van der Waals surface area contributed by atoms with E-state index in [1.54, 1.807) is 6.92 Å². The van der Waals surface area contributed by atoms with Crippen molar-refractivity contribution < 1.29 is 14.6 Å². The number of aliphatic hydroxyl groups excluding tert-OH is 1. The Morgan fingerprint density at radius 1 is 1.71 bits per heavy atom. The summed E-state index contributed by atoms with van der Waals surface area (Å²) in [5, 5.41) is 9.76. The number of pyridine rings is 1. The minimum absolute atomic E-state index is 0.233. The lowest BCUT2D eigenvalue weighted by molar-refractivity contribution is -0.153. The highest BCUT2D eigenvalue weighted by Gasteiger charge is 2.18. The Kier molecular flexibility index (Phi) is 3.85. The van der Waals surface area contributed by atoms with Gasteiger partial charge in [-0.15, -0.1) is 0 Å². The summed E-state index contributed by atoms with van der Waals surface area (Å²) in [5.41, 5.74) is 0.368. The molecular formula is C9H10ClNO3. The molecule has 1 heterocycles. The third kappa shape index (κ3) is 2.68. The summed E-state index contributed by atoms with van der Waals surface area (Å²) in [6, 6.07) is 3.02. The first-order valence-corrected chi connectivity index (χ1v) is 4.49. The largest absolute Gasteiger partial charge is 0.464 e. The molecule has 1 aromatic heterocycles.